The Morgan fingerprint density at radius 3 is 1.75 bits per heavy atom. The van der Waals surface area contributed by atoms with E-state index >= 15 is 0 Å². The zero-order valence-electron chi connectivity index (χ0n) is 12.2. The second-order valence-electron chi connectivity index (χ2n) is 5.73. The van der Waals surface area contributed by atoms with Crippen LogP contribution in [0.3, 0.4) is 0 Å². The third-order valence-electron chi connectivity index (χ3n) is 3.85. The van der Waals surface area contributed by atoms with Crippen LogP contribution in [0.5, 0.6) is 0 Å². The van der Waals surface area contributed by atoms with Gasteiger partial charge >= 0.3 is 121 Å². The Kier molecular flexibility index (Phi) is 3.45. The van der Waals surface area contributed by atoms with Crippen molar-refractivity contribution >= 4 is 15.2 Å². The van der Waals surface area contributed by atoms with E-state index in [0.29, 0.717) is 0 Å². The van der Waals surface area contributed by atoms with Crippen molar-refractivity contribution in [3.63, 3.8) is 0 Å². The normalized spacial score (nSPS) is 25.2. The molecule has 2 aromatic rings. The Morgan fingerprint density at radius 2 is 1.40 bits per heavy atom. The fourth-order valence-electron chi connectivity index (χ4n) is 3.13. The Morgan fingerprint density at radius 1 is 0.950 bits per heavy atom. The first kappa shape index (κ1) is 13.8. The van der Waals surface area contributed by atoms with Crippen molar-refractivity contribution in [2.75, 3.05) is 6.66 Å². The molecule has 20 heavy (non-hydrogen) atoms. The number of hydrogen-bond donors (Lipinski definition) is 0. The summed E-state index contributed by atoms with van der Waals surface area (Å²) in [5.74, 6) is 0. The molecule has 1 aliphatic rings. The van der Waals surface area contributed by atoms with Gasteiger partial charge in [-0.1, -0.05) is 0 Å². The van der Waals surface area contributed by atoms with Crippen LogP contribution in [0, 0.1) is 0 Å². The Balaban J connectivity index is 2.20. The van der Waals surface area contributed by atoms with E-state index in [4.69, 9.17) is 9.05 Å². The van der Waals surface area contributed by atoms with Crippen molar-refractivity contribution in [2.24, 2.45) is 0 Å². The Hall–Kier alpha value is -1.15. The average molecular weight is 286 g/mol. The summed E-state index contributed by atoms with van der Waals surface area (Å²) in [6.07, 6.45) is 0.00830. The number of rotatable bonds is 2. The molecule has 1 aliphatic heterocycles. The Bertz CT molecular complexity index is 546. The van der Waals surface area contributed by atoms with Gasteiger partial charge in [0.05, 0.1) is 0 Å². The monoisotopic (exact) mass is 286 g/mol. The number of hydrogen-bond acceptors (Lipinski definition) is 2. The predicted molar refractivity (Wildman–Crippen MR) is 88.1 cm³/mol. The van der Waals surface area contributed by atoms with Gasteiger partial charge < -0.3 is 0 Å². The summed E-state index contributed by atoms with van der Waals surface area (Å²) in [4.78, 5) is 0. The first-order valence-corrected chi connectivity index (χ1v) is 9.85. The third kappa shape index (κ3) is 2.20. The summed E-state index contributed by atoms with van der Waals surface area (Å²) in [7, 11) is 0.00407. The molecule has 1 atom stereocenters. The fourth-order valence-corrected chi connectivity index (χ4v) is 5.37. The fraction of sp³-hybridized carbons (Fsp3) is 0.250. The summed E-state index contributed by atoms with van der Waals surface area (Å²) in [5.41, 5.74) is 1.84. The zero-order chi connectivity index (χ0) is 14.2. The van der Waals surface area contributed by atoms with Crippen LogP contribution >= 0.6 is 7.59 Å². The summed E-state index contributed by atoms with van der Waals surface area (Å²) in [6.45, 7) is 4.22. The summed E-state index contributed by atoms with van der Waals surface area (Å²) >= 11 is 0. The van der Waals surface area contributed by atoms with Crippen LogP contribution in [0.4, 0.5) is 0 Å². The van der Waals surface area contributed by atoms with Crippen molar-refractivity contribution in [2.45, 2.75) is 18.6 Å². The van der Waals surface area contributed by atoms with Crippen LogP contribution < -0.4 is 0 Å². The molecule has 0 N–H and O–H groups in total. The van der Waals surface area contributed by atoms with Gasteiger partial charge in [-0.2, -0.15) is 0 Å². The van der Waals surface area contributed by atoms with Gasteiger partial charge in [0, 0.05) is 0 Å². The van der Waals surface area contributed by atoms with E-state index in [1.807, 2.05) is 12.1 Å². The molecule has 1 heterocycles. The molecule has 0 spiro atoms. The first-order chi connectivity index (χ1) is 9.55. The molecule has 3 rings (SSSR count). The van der Waals surface area contributed by atoms with E-state index in [1.54, 1.807) is 0 Å². The van der Waals surface area contributed by atoms with Crippen LogP contribution in [0.25, 0.3) is 0 Å². The molecule has 0 bridgehead atoms. The van der Waals surface area contributed by atoms with Crippen molar-refractivity contribution < 1.29 is 9.05 Å². The second-order valence-corrected chi connectivity index (χ2v) is 8.97. The molecule has 1 fully saturated rings. The van der Waals surface area contributed by atoms with Gasteiger partial charge in [0.25, 0.3) is 0 Å². The summed E-state index contributed by atoms with van der Waals surface area (Å²) in [5, 5.41) is 0. The minimum atomic E-state index is -2.10. The van der Waals surface area contributed by atoms with Gasteiger partial charge in [-0.3, -0.25) is 0 Å². The van der Waals surface area contributed by atoms with E-state index in [2.05, 4.69) is 69.7 Å². The van der Waals surface area contributed by atoms with Crippen LogP contribution in [0.15, 0.2) is 60.7 Å². The van der Waals surface area contributed by atoms with Crippen LogP contribution in [0.1, 0.15) is 18.1 Å². The second kappa shape index (κ2) is 5.00. The van der Waals surface area contributed by atoms with E-state index < -0.39 is 13.2 Å². The van der Waals surface area contributed by atoms with Crippen molar-refractivity contribution in [3.05, 3.63) is 71.8 Å². The first-order valence-electron chi connectivity index (χ1n) is 7.04. The molecular formula is C16H20BO2P. The molecule has 1 saturated heterocycles. The standard InChI is InChI=1S/C16H20BO2P/c1-13-16(19-20(2,17)18-13,14-9-5-3-6-10-14)15-11-7-4-8-12-15/h3-13,20H,17H2,1-2H3. The van der Waals surface area contributed by atoms with Crippen LogP contribution in [-0.2, 0) is 14.6 Å². The Labute approximate surface area is 122 Å². The van der Waals surface area contributed by atoms with Gasteiger partial charge in [-0.25, -0.2) is 0 Å². The molecule has 104 valence electrons. The van der Waals surface area contributed by atoms with E-state index in [-0.39, 0.29) is 6.10 Å². The van der Waals surface area contributed by atoms with Crippen molar-refractivity contribution in [1.29, 1.82) is 0 Å². The quantitative estimate of drug-likeness (QED) is 0.624. The van der Waals surface area contributed by atoms with Gasteiger partial charge in [-0.05, 0) is 0 Å². The maximum atomic E-state index is 6.54. The van der Waals surface area contributed by atoms with Crippen LogP contribution in [-0.4, -0.2) is 20.3 Å². The van der Waals surface area contributed by atoms with Gasteiger partial charge in [0.1, 0.15) is 0 Å². The summed E-state index contributed by atoms with van der Waals surface area (Å²) < 4.78 is 12.7. The van der Waals surface area contributed by atoms with E-state index in [1.165, 1.54) is 0 Å². The van der Waals surface area contributed by atoms with Gasteiger partial charge in [-0.15, -0.1) is 0 Å². The molecular weight excluding hydrogens is 266 g/mol. The molecule has 0 amide bonds. The van der Waals surface area contributed by atoms with Gasteiger partial charge in [0.15, 0.2) is 0 Å². The molecule has 0 aliphatic carbocycles. The molecule has 0 aromatic heterocycles. The van der Waals surface area contributed by atoms with Crippen molar-refractivity contribution in [3.8, 4) is 0 Å². The van der Waals surface area contributed by atoms with Crippen molar-refractivity contribution in [1.82, 2.24) is 0 Å². The van der Waals surface area contributed by atoms with Gasteiger partial charge in [0.2, 0.25) is 0 Å². The van der Waals surface area contributed by atoms with E-state index in [9.17, 15) is 0 Å². The predicted octanol–water partition coefficient (Wildman–Crippen LogP) is 3.12. The maximum absolute atomic E-state index is 6.54. The molecule has 0 radical (unpaired) electrons. The SMILES string of the molecule is B[PH]1(C)OC(C)C(c2ccccc2)(c2ccccc2)O1. The molecule has 1 unspecified atom stereocenters. The summed E-state index contributed by atoms with van der Waals surface area (Å²) in [6, 6.07) is 20.8. The van der Waals surface area contributed by atoms with Crippen LogP contribution in [0.2, 0.25) is 0 Å². The molecule has 4 heteroatoms. The molecule has 0 saturated carbocycles. The molecule has 2 aromatic carbocycles. The minimum absolute atomic E-state index is 0.00830. The van der Waals surface area contributed by atoms with E-state index in [0.717, 1.165) is 11.1 Å². The zero-order valence-corrected chi connectivity index (χ0v) is 13.2. The molecule has 2 nitrogen and oxygen atoms in total. The number of benzene rings is 2. The third-order valence-corrected chi connectivity index (χ3v) is 5.58. The average Bonchev–Trinajstić information content (AvgIpc) is 2.71. The topological polar surface area (TPSA) is 18.5 Å².